The molecule has 0 bridgehead atoms. The number of anilines is 1. The number of halogens is 2. The minimum absolute atomic E-state index is 0.0165. The van der Waals surface area contributed by atoms with Crippen molar-refractivity contribution in [3.63, 3.8) is 0 Å². The fourth-order valence-corrected chi connectivity index (χ4v) is 3.80. The first kappa shape index (κ1) is 21.8. The highest BCUT2D eigenvalue weighted by atomic mass is 19.1. The lowest BCUT2D eigenvalue weighted by molar-refractivity contribution is -0.121. The maximum Gasteiger partial charge on any atom is 0.265 e. The molecule has 5 rings (SSSR count). The first-order chi connectivity index (χ1) is 16.1. The predicted molar refractivity (Wildman–Crippen MR) is 117 cm³/mol. The molecule has 34 heavy (non-hydrogen) atoms. The molecule has 1 N–H and O–H groups in total. The number of nitrogens with zero attached hydrogens (tertiary/aromatic N) is 6. The molecule has 0 saturated carbocycles. The van der Waals surface area contributed by atoms with Crippen LogP contribution in [0.4, 0.5) is 14.5 Å². The highest BCUT2D eigenvalue weighted by molar-refractivity contribution is 5.97. The Hall–Kier alpha value is -3.99. The molecule has 3 aromatic heterocycles. The molecule has 0 aliphatic carbocycles. The maximum absolute atomic E-state index is 14.2. The maximum atomic E-state index is 14.2. The summed E-state index contributed by atoms with van der Waals surface area (Å²) in [6.45, 7) is 4.62. The summed E-state index contributed by atoms with van der Waals surface area (Å²) in [5.74, 6) is -2.00. The van der Waals surface area contributed by atoms with Crippen LogP contribution in [0.15, 0.2) is 36.9 Å². The van der Waals surface area contributed by atoms with E-state index in [4.69, 9.17) is 4.74 Å². The van der Waals surface area contributed by atoms with Crippen molar-refractivity contribution in [2.75, 3.05) is 11.5 Å². The molecule has 174 valence electrons. The summed E-state index contributed by atoms with van der Waals surface area (Å²) in [4.78, 5) is 31.3. The Morgan fingerprint density at radius 1 is 1.15 bits per heavy atom. The van der Waals surface area contributed by atoms with Crippen LogP contribution in [0.1, 0.15) is 31.1 Å². The third-order valence-corrected chi connectivity index (χ3v) is 5.53. The molecule has 1 aromatic carbocycles. The minimum atomic E-state index is -1.18. The van der Waals surface area contributed by atoms with Crippen LogP contribution in [0.25, 0.3) is 16.9 Å². The average Bonchev–Trinajstić information content (AvgIpc) is 3.09. The van der Waals surface area contributed by atoms with E-state index in [0.29, 0.717) is 28.3 Å². The molecular formula is C23H20F2N6O3. The summed E-state index contributed by atoms with van der Waals surface area (Å²) in [5.41, 5.74) is 1.81. The molecule has 0 spiro atoms. The average molecular weight is 466 g/mol. The lowest BCUT2D eigenvalue weighted by Crippen LogP contribution is -2.39. The first-order valence-corrected chi connectivity index (χ1v) is 10.4. The topological polar surface area (TPSA) is 106 Å². The van der Waals surface area contributed by atoms with Gasteiger partial charge in [-0.2, -0.15) is 0 Å². The second-order valence-electron chi connectivity index (χ2n) is 8.50. The number of ether oxygens (including phenoxy) is 1. The molecule has 0 saturated heterocycles. The third-order valence-electron chi connectivity index (χ3n) is 5.53. The number of rotatable bonds is 4. The van der Waals surface area contributed by atoms with Gasteiger partial charge < -0.3 is 9.84 Å². The number of aromatic nitrogens is 5. The van der Waals surface area contributed by atoms with Gasteiger partial charge in [0.25, 0.3) is 5.91 Å². The molecule has 4 aromatic rings. The normalized spacial score (nSPS) is 13.8. The van der Waals surface area contributed by atoms with Gasteiger partial charge in [-0.1, -0.05) is 0 Å². The Labute approximate surface area is 192 Å². The van der Waals surface area contributed by atoms with Crippen LogP contribution in [0.2, 0.25) is 0 Å². The molecule has 1 amide bonds. The molecule has 0 atom stereocenters. The number of fused-ring (bicyclic) bond motifs is 2. The quantitative estimate of drug-likeness (QED) is 0.493. The van der Waals surface area contributed by atoms with Crippen LogP contribution in [-0.4, -0.2) is 42.0 Å². The minimum Gasteiger partial charge on any atom is -0.478 e. The SMILES string of the molecule is Cc1nc2cnc(-c3cnc(C(C)(C)O)nc3)cn2c1CN1C(=O)COc2c(F)cc(F)cc21. The van der Waals surface area contributed by atoms with Crippen molar-refractivity contribution in [1.29, 1.82) is 0 Å². The van der Waals surface area contributed by atoms with E-state index in [2.05, 4.69) is 19.9 Å². The summed E-state index contributed by atoms with van der Waals surface area (Å²) in [5, 5.41) is 10.1. The number of carbonyl (C=O) groups is 1. The van der Waals surface area contributed by atoms with Crippen LogP contribution in [0.5, 0.6) is 5.75 Å². The Balaban J connectivity index is 1.55. The van der Waals surface area contributed by atoms with Crippen molar-refractivity contribution in [3.05, 3.63) is 65.8 Å². The Kier molecular flexibility index (Phi) is 5.01. The smallest absolute Gasteiger partial charge is 0.265 e. The van der Waals surface area contributed by atoms with E-state index in [1.165, 1.54) is 4.90 Å². The summed E-state index contributed by atoms with van der Waals surface area (Å²) in [6, 6.07) is 1.79. The summed E-state index contributed by atoms with van der Waals surface area (Å²) in [6.07, 6.45) is 6.42. The van der Waals surface area contributed by atoms with Crippen molar-refractivity contribution >= 4 is 17.2 Å². The van der Waals surface area contributed by atoms with Crippen LogP contribution in [0, 0.1) is 18.6 Å². The molecule has 1 aliphatic rings. The van der Waals surface area contributed by atoms with Crippen molar-refractivity contribution in [1.82, 2.24) is 24.3 Å². The van der Waals surface area contributed by atoms with Gasteiger partial charge in [-0.05, 0) is 20.8 Å². The lowest BCUT2D eigenvalue weighted by Gasteiger charge is -2.29. The second-order valence-corrected chi connectivity index (χ2v) is 8.50. The molecule has 0 radical (unpaired) electrons. The zero-order chi connectivity index (χ0) is 24.2. The first-order valence-electron chi connectivity index (χ1n) is 10.4. The molecule has 11 heteroatoms. The van der Waals surface area contributed by atoms with Crippen LogP contribution < -0.4 is 9.64 Å². The van der Waals surface area contributed by atoms with Gasteiger partial charge >= 0.3 is 0 Å². The zero-order valence-corrected chi connectivity index (χ0v) is 18.6. The Morgan fingerprint density at radius 3 is 2.59 bits per heavy atom. The van der Waals surface area contributed by atoms with Gasteiger partial charge in [0.15, 0.2) is 29.6 Å². The highest BCUT2D eigenvalue weighted by Gasteiger charge is 2.30. The van der Waals surface area contributed by atoms with Crippen LogP contribution in [-0.2, 0) is 16.9 Å². The van der Waals surface area contributed by atoms with Crippen LogP contribution in [0.3, 0.4) is 0 Å². The van der Waals surface area contributed by atoms with Crippen LogP contribution >= 0.6 is 0 Å². The van der Waals surface area contributed by atoms with Gasteiger partial charge in [-0.25, -0.2) is 23.7 Å². The summed E-state index contributed by atoms with van der Waals surface area (Å²) in [7, 11) is 0. The molecule has 0 fully saturated rings. The van der Waals surface area contributed by atoms with Crippen molar-refractivity contribution in [2.45, 2.75) is 32.9 Å². The van der Waals surface area contributed by atoms with E-state index in [1.54, 1.807) is 50.0 Å². The monoisotopic (exact) mass is 466 g/mol. The predicted octanol–water partition coefficient (Wildman–Crippen LogP) is 2.93. The number of hydrogen-bond acceptors (Lipinski definition) is 7. The number of amides is 1. The second kappa shape index (κ2) is 7.80. The van der Waals surface area contributed by atoms with Gasteiger partial charge in [0, 0.05) is 36.3 Å². The zero-order valence-electron chi connectivity index (χ0n) is 18.6. The third kappa shape index (κ3) is 3.73. The number of hydrogen-bond donors (Lipinski definition) is 1. The summed E-state index contributed by atoms with van der Waals surface area (Å²) >= 11 is 0. The Morgan fingerprint density at radius 2 is 1.88 bits per heavy atom. The van der Waals surface area contributed by atoms with E-state index in [9.17, 15) is 18.7 Å². The van der Waals surface area contributed by atoms with E-state index in [1.807, 2.05) is 0 Å². The molecule has 9 nitrogen and oxygen atoms in total. The highest BCUT2D eigenvalue weighted by Crippen LogP contribution is 2.36. The largest absolute Gasteiger partial charge is 0.478 e. The van der Waals surface area contributed by atoms with Gasteiger partial charge in [0.05, 0.1) is 35.5 Å². The Bertz CT molecular complexity index is 1430. The number of aliphatic hydroxyl groups is 1. The van der Waals surface area contributed by atoms with Gasteiger partial charge in [0.1, 0.15) is 11.4 Å². The van der Waals surface area contributed by atoms with Crippen molar-refractivity contribution < 1.29 is 23.4 Å². The fraction of sp³-hybridized carbons (Fsp3) is 0.261. The molecule has 0 unspecified atom stereocenters. The van der Waals surface area contributed by atoms with E-state index < -0.39 is 23.1 Å². The lowest BCUT2D eigenvalue weighted by atomic mass is 10.1. The van der Waals surface area contributed by atoms with Gasteiger partial charge in [-0.3, -0.25) is 19.1 Å². The molecular weight excluding hydrogens is 446 g/mol. The number of carbonyl (C=O) groups excluding carboxylic acids is 1. The van der Waals surface area contributed by atoms with E-state index >= 15 is 0 Å². The molecule has 4 heterocycles. The summed E-state index contributed by atoms with van der Waals surface area (Å²) < 4.78 is 35.1. The fourth-order valence-electron chi connectivity index (χ4n) is 3.80. The van der Waals surface area contributed by atoms with Gasteiger partial charge in [-0.15, -0.1) is 0 Å². The number of imidazole rings is 1. The molecule has 1 aliphatic heterocycles. The number of benzene rings is 1. The van der Waals surface area contributed by atoms with Gasteiger partial charge in [0.2, 0.25) is 0 Å². The van der Waals surface area contributed by atoms with Crippen molar-refractivity contribution in [3.8, 4) is 17.0 Å². The van der Waals surface area contributed by atoms with E-state index in [0.717, 1.165) is 12.1 Å². The standard InChI is InChI=1S/C23H20F2N6O3/c1-12-18(10-31-17-5-14(24)4-15(25)21(17)34-11-20(31)32)30-9-16(26-8-19(30)29-12)13-6-27-22(28-7-13)23(2,3)33/h4-9,33H,10-11H2,1-3H3. The number of aryl methyl sites for hydroxylation is 1. The van der Waals surface area contributed by atoms with E-state index in [-0.39, 0.29) is 30.4 Å². The van der Waals surface area contributed by atoms with Crippen molar-refractivity contribution in [2.24, 2.45) is 0 Å².